The Kier molecular flexibility index (Phi) is 7.39. The average molecular weight is 269 g/mol. The van der Waals surface area contributed by atoms with E-state index in [9.17, 15) is 4.79 Å². The Labute approximate surface area is 118 Å². The van der Waals surface area contributed by atoms with Crippen LogP contribution in [0.4, 0.5) is 0 Å². The maximum Gasteiger partial charge on any atom is 0.236 e. The van der Waals surface area contributed by atoms with Crippen LogP contribution >= 0.6 is 0 Å². The van der Waals surface area contributed by atoms with Crippen LogP contribution in [0, 0.1) is 11.8 Å². The zero-order valence-electron chi connectivity index (χ0n) is 13.0. The molecule has 0 aromatic carbocycles. The molecule has 1 aliphatic heterocycles. The lowest BCUT2D eigenvalue weighted by Crippen LogP contribution is -2.44. The van der Waals surface area contributed by atoms with Crippen LogP contribution in [0.1, 0.15) is 40.5 Å². The molecule has 1 saturated heterocycles. The predicted molar refractivity (Wildman–Crippen MR) is 80.2 cm³/mol. The van der Waals surface area contributed by atoms with Crippen LogP contribution in [-0.4, -0.2) is 49.6 Å². The second kappa shape index (κ2) is 8.54. The molecule has 0 bridgehead atoms. The molecule has 19 heavy (non-hydrogen) atoms. The van der Waals surface area contributed by atoms with Crippen molar-refractivity contribution in [3.63, 3.8) is 0 Å². The van der Waals surface area contributed by atoms with E-state index in [0.717, 1.165) is 26.1 Å². The van der Waals surface area contributed by atoms with E-state index in [1.54, 1.807) is 0 Å². The van der Waals surface area contributed by atoms with E-state index >= 15 is 0 Å². The maximum atomic E-state index is 11.9. The van der Waals surface area contributed by atoms with Gasteiger partial charge >= 0.3 is 0 Å². The van der Waals surface area contributed by atoms with Gasteiger partial charge < -0.3 is 15.5 Å². The first-order valence-corrected chi connectivity index (χ1v) is 7.76. The van der Waals surface area contributed by atoms with E-state index in [2.05, 4.69) is 36.3 Å². The standard InChI is InChI=1S/C15H31N3O/c1-5-18-9-7-14(11-18)10-17-13(4)15(19)16-8-6-12(2)3/h12-14,17H,5-11H2,1-4H3,(H,16,19). The molecule has 112 valence electrons. The van der Waals surface area contributed by atoms with Crippen LogP contribution in [0.3, 0.4) is 0 Å². The van der Waals surface area contributed by atoms with E-state index in [-0.39, 0.29) is 11.9 Å². The normalized spacial score (nSPS) is 21.8. The minimum absolute atomic E-state index is 0.0807. The van der Waals surface area contributed by atoms with Gasteiger partial charge in [-0.3, -0.25) is 4.79 Å². The van der Waals surface area contributed by atoms with E-state index in [1.165, 1.54) is 19.5 Å². The molecule has 1 rings (SSSR count). The summed E-state index contributed by atoms with van der Waals surface area (Å²) in [6.07, 6.45) is 2.30. The molecular weight excluding hydrogens is 238 g/mol. The van der Waals surface area contributed by atoms with Crippen molar-refractivity contribution in [2.24, 2.45) is 11.8 Å². The average Bonchev–Trinajstić information content (AvgIpc) is 2.83. The van der Waals surface area contributed by atoms with Crippen molar-refractivity contribution in [1.82, 2.24) is 15.5 Å². The highest BCUT2D eigenvalue weighted by Crippen LogP contribution is 2.14. The van der Waals surface area contributed by atoms with Crippen molar-refractivity contribution >= 4 is 5.91 Å². The van der Waals surface area contributed by atoms with Crippen molar-refractivity contribution in [2.45, 2.75) is 46.6 Å². The second-order valence-corrected chi connectivity index (χ2v) is 6.15. The van der Waals surface area contributed by atoms with Gasteiger partial charge in [-0.2, -0.15) is 0 Å². The summed E-state index contributed by atoms with van der Waals surface area (Å²) in [5, 5.41) is 6.37. The van der Waals surface area contributed by atoms with E-state index in [1.807, 2.05) is 6.92 Å². The molecule has 1 amide bonds. The third-order valence-corrected chi connectivity index (χ3v) is 3.94. The number of likely N-dealkylation sites (tertiary alicyclic amines) is 1. The van der Waals surface area contributed by atoms with Gasteiger partial charge in [0.05, 0.1) is 6.04 Å². The third-order valence-electron chi connectivity index (χ3n) is 3.94. The summed E-state index contributed by atoms with van der Waals surface area (Å²) in [5.41, 5.74) is 0. The van der Waals surface area contributed by atoms with Crippen LogP contribution in [0.25, 0.3) is 0 Å². The lowest BCUT2D eigenvalue weighted by Gasteiger charge is -2.18. The molecule has 1 aliphatic rings. The Morgan fingerprint density at radius 3 is 2.68 bits per heavy atom. The first-order chi connectivity index (χ1) is 9.02. The van der Waals surface area contributed by atoms with Crippen molar-refractivity contribution in [3.8, 4) is 0 Å². The number of carbonyl (C=O) groups excluding carboxylic acids is 1. The summed E-state index contributed by atoms with van der Waals surface area (Å²) >= 11 is 0. The number of amides is 1. The highest BCUT2D eigenvalue weighted by atomic mass is 16.2. The molecule has 0 spiro atoms. The van der Waals surface area contributed by atoms with Gasteiger partial charge in [0.2, 0.25) is 5.91 Å². The van der Waals surface area contributed by atoms with Gasteiger partial charge in [0.25, 0.3) is 0 Å². The topological polar surface area (TPSA) is 44.4 Å². The highest BCUT2D eigenvalue weighted by molar-refractivity contribution is 5.81. The summed E-state index contributed by atoms with van der Waals surface area (Å²) < 4.78 is 0. The molecule has 0 aliphatic carbocycles. The van der Waals surface area contributed by atoms with Gasteiger partial charge in [0.1, 0.15) is 0 Å². The van der Waals surface area contributed by atoms with Crippen molar-refractivity contribution in [3.05, 3.63) is 0 Å². The number of rotatable bonds is 8. The molecule has 2 unspecified atom stereocenters. The van der Waals surface area contributed by atoms with Crippen molar-refractivity contribution in [1.29, 1.82) is 0 Å². The summed E-state index contributed by atoms with van der Waals surface area (Å²) in [4.78, 5) is 14.3. The second-order valence-electron chi connectivity index (χ2n) is 6.15. The smallest absolute Gasteiger partial charge is 0.236 e. The number of nitrogens with zero attached hydrogens (tertiary/aromatic N) is 1. The van der Waals surface area contributed by atoms with Gasteiger partial charge in [-0.05, 0) is 51.2 Å². The van der Waals surface area contributed by atoms with Crippen molar-refractivity contribution < 1.29 is 4.79 Å². The largest absolute Gasteiger partial charge is 0.355 e. The number of nitrogens with one attached hydrogen (secondary N) is 2. The SMILES string of the molecule is CCN1CCC(CNC(C)C(=O)NCCC(C)C)C1. The first kappa shape index (κ1) is 16.4. The van der Waals surface area contributed by atoms with Crippen LogP contribution in [0.15, 0.2) is 0 Å². The molecule has 0 saturated carbocycles. The zero-order chi connectivity index (χ0) is 14.3. The Morgan fingerprint density at radius 2 is 2.11 bits per heavy atom. The molecule has 4 heteroatoms. The van der Waals surface area contributed by atoms with E-state index in [4.69, 9.17) is 0 Å². The van der Waals surface area contributed by atoms with Gasteiger partial charge in [0.15, 0.2) is 0 Å². The van der Waals surface area contributed by atoms with Crippen LogP contribution < -0.4 is 10.6 Å². The molecule has 2 N–H and O–H groups in total. The highest BCUT2D eigenvalue weighted by Gasteiger charge is 2.22. The molecular formula is C15H31N3O. The molecule has 1 fully saturated rings. The Bertz CT molecular complexity index is 268. The predicted octanol–water partition coefficient (Wildman–Crippen LogP) is 1.47. The fraction of sp³-hybridized carbons (Fsp3) is 0.933. The third kappa shape index (κ3) is 6.39. The fourth-order valence-electron chi connectivity index (χ4n) is 2.44. The maximum absolute atomic E-state index is 11.9. The van der Waals surface area contributed by atoms with Crippen LogP contribution in [-0.2, 0) is 4.79 Å². The lowest BCUT2D eigenvalue weighted by molar-refractivity contribution is -0.122. The number of hydrogen-bond acceptors (Lipinski definition) is 3. The molecule has 0 aromatic heterocycles. The van der Waals surface area contributed by atoms with Gasteiger partial charge in [0, 0.05) is 13.1 Å². The Balaban J connectivity index is 2.13. The molecule has 0 radical (unpaired) electrons. The quantitative estimate of drug-likeness (QED) is 0.701. The summed E-state index contributed by atoms with van der Waals surface area (Å²) in [6.45, 7) is 13.8. The minimum Gasteiger partial charge on any atom is -0.355 e. The van der Waals surface area contributed by atoms with Crippen LogP contribution in [0.2, 0.25) is 0 Å². The molecule has 0 aromatic rings. The van der Waals surface area contributed by atoms with E-state index < -0.39 is 0 Å². The van der Waals surface area contributed by atoms with Crippen molar-refractivity contribution in [2.75, 3.05) is 32.7 Å². The van der Waals surface area contributed by atoms with Gasteiger partial charge in [-0.25, -0.2) is 0 Å². The first-order valence-electron chi connectivity index (χ1n) is 7.76. The minimum atomic E-state index is -0.0807. The van der Waals surface area contributed by atoms with Gasteiger partial charge in [-0.15, -0.1) is 0 Å². The molecule has 1 heterocycles. The van der Waals surface area contributed by atoms with E-state index in [0.29, 0.717) is 11.8 Å². The molecule has 4 nitrogen and oxygen atoms in total. The summed E-state index contributed by atoms with van der Waals surface area (Å²) in [7, 11) is 0. The summed E-state index contributed by atoms with van der Waals surface area (Å²) in [5.74, 6) is 1.47. The number of carbonyl (C=O) groups is 1. The zero-order valence-corrected chi connectivity index (χ0v) is 13.0. The Morgan fingerprint density at radius 1 is 1.37 bits per heavy atom. The monoisotopic (exact) mass is 269 g/mol. The van der Waals surface area contributed by atoms with Gasteiger partial charge in [-0.1, -0.05) is 20.8 Å². The molecule has 2 atom stereocenters. The van der Waals surface area contributed by atoms with Crippen LogP contribution in [0.5, 0.6) is 0 Å². The summed E-state index contributed by atoms with van der Waals surface area (Å²) in [6, 6.07) is -0.0807. The lowest BCUT2D eigenvalue weighted by atomic mass is 10.1. The Hall–Kier alpha value is -0.610. The number of hydrogen-bond donors (Lipinski definition) is 2. The fourth-order valence-corrected chi connectivity index (χ4v) is 2.44.